The molecule has 7 heteroatoms. The quantitative estimate of drug-likeness (QED) is 0.165. The molecule has 0 saturated heterocycles. The Kier molecular flexibility index (Phi) is 8.49. The zero-order valence-electron chi connectivity index (χ0n) is 25.9. The second-order valence-electron chi connectivity index (χ2n) is 12.5. The number of rotatable bonds is 9. The molecule has 1 amide bonds. The van der Waals surface area contributed by atoms with Crippen molar-refractivity contribution in [2.24, 2.45) is 5.41 Å². The van der Waals surface area contributed by atoms with Crippen LogP contribution in [0.3, 0.4) is 0 Å². The van der Waals surface area contributed by atoms with E-state index >= 15 is 0 Å². The van der Waals surface area contributed by atoms with Crippen LogP contribution in [0.5, 0.6) is 5.75 Å². The number of carbonyl (C=O) groups is 1. The van der Waals surface area contributed by atoms with Crippen LogP contribution in [-0.2, 0) is 30.8 Å². The molecule has 0 saturated carbocycles. The maximum Gasteiger partial charge on any atom is 0.228 e. The van der Waals surface area contributed by atoms with Gasteiger partial charge in [-0.15, -0.1) is 11.8 Å². The lowest BCUT2D eigenvalue weighted by atomic mass is 9.86. The minimum absolute atomic E-state index is 0.122. The smallest absolute Gasteiger partial charge is 0.228 e. The first-order valence-corrected chi connectivity index (χ1v) is 16.3. The minimum atomic E-state index is -0.565. The average Bonchev–Trinajstić information content (AvgIpc) is 3.29. The van der Waals surface area contributed by atoms with Crippen LogP contribution in [0.2, 0.25) is 5.02 Å². The molecule has 6 rings (SSSR count). The number of aromatic nitrogens is 2. The van der Waals surface area contributed by atoms with Gasteiger partial charge < -0.3 is 14.2 Å². The van der Waals surface area contributed by atoms with Gasteiger partial charge in [0.2, 0.25) is 5.91 Å². The summed E-state index contributed by atoms with van der Waals surface area (Å²) in [6.07, 6.45) is 3.46. The summed E-state index contributed by atoms with van der Waals surface area (Å²) in [5.74, 6) is 1.02. The fourth-order valence-electron chi connectivity index (χ4n) is 6.19. The highest BCUT2D eigenvalue weighted by atomic mass is 35.5. The van der Waals surface area contributed by atoms with Gasteiger partial charge in [-0.25, -0.2) is 0 Å². The number of halogens is 1. The average molecular weight is 624 g/mol. The van der Waals surface area contributed by atoms with Gasteiger partial charge in [0, 0.05) is 76.0 Å². The molecule has 2 aromatic heterocycles. The van der Waals surface area contributed by atoms with Crippen LogP contribution in [0.4, 0.5) is 0 Å². The van der Waals surface area contributed by atoms with Gasteiger partial charge in [-0.05, 0) is 47.9 Å². The molecule has 3 aromatic carbocycles. The third-order valence-corrected chi connectivity index (χ3v) is 9.82. The van der Waals surface area contributed by atoms with E-state index < -0.39 is 5.41 Å². The summed E-state index contributed by atoms with van der Waals surface area (Å²) in [6, 6.07) is 26.8. The Hall–Kier alpha value is -3.74. The molecule has 0 fully saturated rings. The molecule has 0 radical (unpaired) electrons. The minimum Gasteiger partial charge on any atom is -0.487 e. The number of ether oxygens (including phenoxy) is 1. The van der Waals surface area contributed by atoms with Crippen LogP contribution in [0, 0.1) is 5.41 Å². The van der Waals surface area contributed by atoms with Crippen molar-refractivity contribution < 1.29 is 9.53 Å². The molecule has 0 bridgehead atoms. The third-order valence-electron chi connectivity index (χ3n) is 8.32. The molecule has 1 aliphatic rings. The number of hydrogen-bond donors (Lipinski definition) is 0. The summed E-state index contributed by atoms with van der Waals surface area (Å²) >= 11 is 8.13. The molecule has 1 aliphatic heterocycles. The lowest BCUT2D eigenvalue weighted by Gasteiger charge is -2.29. The SMILES string of the molecule is CC1Cc2c(OCc3ccc(-c4ccccc4)cn3)ccc3c2c(c(CC(C)(C)C(=O)N(C)C)n3Cc2ccc(Cl)cc2)S1. The van der Waals surface area contributed by atoms with E-state index in [1.807, 2.05) is 68.5 Å². The van der Waals surface area contributed by atoms with E-state index in [-0.39, 0.29) is 5.91 Å². The van der Waals surface area contributed by atoms with Gasteiger partial charge in [0.25, 0.3) is 0 Å². The second kappa shape index (κ2) is 12.3. The van der Waals surface area contributed by atoms with Crippen molar-refractivity contribution in [1.29, 1.82) is 0 Å². The van der Waals surface area contributed by atoms with Gasteiger partial charge in [0.1, 0.15) is 12.4 Å². The van der Waals surface area contributed by atoms with E-state index in [9.17, 15) is 4.79 Å². The molecule has 0 spiro atoms. The first kappa shape index (κ1) is 30.3. The van der Waals surface area contributed by atoms with Crippen molar-refractivity contribution in [2.75, 3.05) is 14.1 Å². The van der Waals surface area contributed by atoms with Gasteiger partial charge in [-0.3, -0.25) is 9.78 Å². The summed E-state index contributed by atoms with van der Waals surface area (Å²) in [6.45, 7) is 7.47. The van der Waals surface area contributed by atoms with Crippen LogP contribution in [-0.4, -0.2) is 39.7 Å². The zero-order valence-corrected chi connectivity index (χ0v) is 27.5. The number of thioether (sulfide) groups is 1. The topological polar surface area (TPSA) is 47.4 Å². The normalized spacial score (nSPS) is 14.5. The van der Waals surface area contributed by atoms with Crippen molar-refractivity contribution in [2.45, 2.75) is 56.9 Å². The predicted molar refractivity (Wildman–Crippen MR) is 182 cm³/mol. The molecule has 3 heterocycles. The Morgan fingerprint density at radius 3 is 2.45 bits per heavy atom. The standard InChI is InChI=1S/C37H38ClN3O2S/c1-24-19-30-33(43-23-29-16-13-27(21-39-29)26-9-7-6-8-10-26)18-17-31-34(30)35(44-24)32(20-37(2,3)36(42)40(4)5)41(31)22-25-11-14-28(38)15-12-25/h6-18,21,24H,19-20,22-23H2,1-5H3. The Morgan fingerprint density at radius 1 is 1.02 bits per heavy atom. The van der Waals surface area contributed by atoms with Gasteiger partial charge in [0.05, 0.1) is 11.2 Å². The Labute approximate surface area is 269 Å². The van der Waals surface area contributed by atoms with Crippen molar-refractivity contribution in [3.05, 3.63) is 113 Å². The first-order valence-electron chi connectivity index (χ1n) is 15.0. The van der Waals surface area contributed by atoms with Crippen LogP contribution < -0.4 is 4.74 Å². The molecule has 0 N–H and O–H groups in total. The van der Waals surface area contributed by atoms with E-state index in [0.29, 0.717) is 24.8 Å². The summed E-state index contributed by atoms with van der Waals surface area (Å²) in [5, 5.41) is 2.34. The molecular formula is C37H38ClN3O2S. The van der Waals surface area contributed by atoms with E-state index in [1.54, 1.807) is 4.90 Å². The van der Waals surface area contributed by atoms with Crippen molar-refractivity contribution >= 4 is 40.2 Å². The highest BCUT2D eigenvalue weighted by Crippen LogP contribution is 2.48. The van der Waals surface area contributed by atoms with Crippen LogP contribution in [0.25, 0.3) is 22.0 Å². The highest BCUT2D eigenvalue weighted by Gasteiger charge is 2.35. The molecule has 0 aliphatic carbocycles. The molecule has 1 atom stereocenters. The maximum atomic E-state index is 13.3. The van der Waals surface area contributed by atoms with Gasteiger partial charge in [0.15, 0.2) is 0 Å². The molecule has 226 valence electrons. The van der Waals surface area contributed by atoms with Gasteiger partial charge in [-0.2, -0.15) is 0 Å². The van der Waals surface area contributed by atoms with Crippen molar-refractivity contribution in [3.63, 3.8) is 0 Å². The van der Waals surface area contributed by atoms with E-state index in [0.717, 1.165) is 34.0 Å². The first-order chi connectivity index (χ1) is 21.1. The van der Waals surface area contributed by atoms with Crippen LogP contribution >= 0.6 is 23.4 Å². The number of benzene rings is 3. The fourth-order valence-corrected chi connectivity index (χ4v) is 7.64. The van der Waals surface area contributed by atoms with E-state index in [4.69, 9.17) is 21.3 Å². The predicted octanol–water partition coefficient (Wildman–Crippen LogP) is 8.68. The number of amides is 1. The number of carbonyl (C=O) groups excluding carboxylic acids is 1. The van der Waals surface area contributed by atoms with Gasteiger partial charge in [-0.1, -0.05) is 80.9 Å². The second-order valence-corrected chi connectivity index (χ2v) is 14.4. The van der Waals surface area contributed by atoms with Crippen molar-refractivity contribution in [1.82, 2.24) is 14.5 Å². The summed E-state index contributed by atoms with van der Waals surface area (Å²) in [7, 11) is 3.67. The zero-order chi connectivity index (χ0) is 31.0. The lowest BCUT2D eigenvalue weighted by molar-refractivity contribution is -0.137. The molecule has 44 heavy (non-hydrogen) atoms. The number of nitrogens with zero attached hydrogens (tertiary/aromatic N) is 3. The fraction of sp³-hybridized carbons (Fsp3) is 0.297. The Balaban J connectivity index is 1.38. The highest BCUT2D eigenvalue weighted by molar-refractivity contribution is 8.00. The van der Waals surface area contributed by atoms with Crippen LogP contribution in [0.1, 0.15) is 43.3 Å². The number of pyridine rings is 1. The lowest BCUT2D eigenvalue weighted by Crippen LogP contribution is -2.38. The number of hydrogen-bond acceptors (Lipinski definition) is 4. The Morgan fingerprint density at radius 2 is 1.77 bits per heavy atom. The molecule has 1 unspecified atom stereocenters. The maximum absolute atomic E-state index is 13.3. The van der Waals surface area contributed by atoms with E-state index in [1.165, 1.54) is 32.6 Å². The summed E-state index contributed by atoms with van der Waals surface area (Å²) in [5.41, 5.74) is 7.33. The molecule has 5 nitrogen and oxygen atoms in total. The molecular weight excluding hydrogens is 586 g/mol. The van der Waals surface area contributed by atoms with Crippen LogP contribution in [0.15, 0.2) is 90.0 Å². The molecule has 5 aromatic rings. The summed E-state index contributed by atoms with van der Waals surface area (Å²) < 4.78 is 8.90. The third kappa shape index (κ3) is 6.11. The van der Waals surface area contributed by atoms with E-state index in [2.05, 4.69) is 67.8 Å². The largest absolute Gasteiger partial charge is 0.487 e. The Bertz CT molecular complexity index is 1800. The van der Waals surface area contributed by atoms with Crippen molar-refractivity contribution in [3.8, 4) is 16.9 Å². The monoisotopic (exact) mass is 623 g/mol. The van der Waals surface area contributed by atoms with Gasteiger partial charge >= 0.3 is 0 Å². The summed E-state index contributed by atoms with van der Waals surface area (Å²) in [4.78, 5) is 20.9.